The van der Waals surface area contributed by atoms with Gasteiger partial charge in [-0.15, -0.1) is 0 Å². The highest BCUT2D eigenvalue weighted by Crippen LogP contribution is 2.47. The summed E-state index contributed by atoms with van der Waals surface area (Å²) in [5.74, 6) is 3.36. The molecule has 0 aromatic carbocycles. The second-order valence-electron chi connectivity index (χ2n) is 5.96. The Bertz CT molecular complexity index is 439. The number of furan rings is 1. The summed E-state index contributed by atoms with van der Waals surface area (Å²) in [5, 5.41) is 12.0. The maximum Gasteiger partial charge on any atom is 0.220 e. The molecule has 1 amide bonds. The highest BCUT2D eigenvalue weighted by atomic mass is 16.3. The van der Waals surface area contributed by atoms with Crippen molar-refractivity contribution in [1.82, 2.24) is 5.32 Å². The van der Waals surface area contributed by atoms with Crippen LogP contribution in [0.4, 0.5) is 0 Å². The van der Waals surface area contributed by atoms with Crippen LogP contribution in [0.15, 0.2) is 16.5 Å². The van der Waals surface area contributed by atoms with Gasteiger partial charge in [0.15, 0.2) is 0 Å². The van der Waals surface area contributed by atoms with Crippen molar-refractivity contribution in [2.45, 2.75) is 58.0 Å². The van der Waals surface area contributed by atoms with E-state index in [-0.39, 0.29) is 12.0 Å². The van der Waals surface area contributed by atoms with Gasteiger partial charge in [-0.05, 0) is 44.2 Å². The average Bonchev–Trinajstić information content (AvgIpc) is 2.95. The van der Waals surface area contributed by atoms with Gasteiger partial charge < -0.3 is 14.8 Å². The first-order valence-electron chi connectivity index (χ1n) is 7.59. The fraction of sp³-hybridized carbons (Fsp3) is 0.688. The SMILES string of the molecule is CC(O)CCCNC(=O)CCc1ccc(C2CC2C)o1. The van der Waals surface area contributed by atoms with Crippen molar-refractivity contribution in [2.24, 2.45) is 5.92 Å². The van der Waals surface area contributed by atoms with Gasteiger partial charge in [-0.25, -0.2) is 0 Å². The fourth-order valence-electron chi connectivity index (χ4n) is 2.40. The van der Waals surface area contributed by atoms with Gasteiger partial charge >= 0.3 is 0 Å². The van der Waals surface area contributed by atoms with Crippen molar-refractivity contribution in [3.63, 3.8) is 0 Å². The highest BCUT2D eigenvalue weighted by molar-refractivity contribution is 5.76. The molecule has 1 fully saturated rings. The largest absolute Gasteiger partial charge is 0.466 e. The van der Waals surface area contributed by atoms with E-state index in [2.05, 4.69) is 12.2 Å². The van der Waals surface area contributed by atoms with Crippen molar-refractivity contribution < 1.29 is 14.3 Å². The molecule has 1 aliphatic carbocycles. The first-order chi connectivity index (χ1) is 9.56. The molecule has 1 heterocycles. The molecule has 1 saturated carbocycles. The normalized spacial score (nSPS) is 22.6. The van der Waals surface area contributed by atoms with Gasteiger partial charge in [0.1, 0.15) is 11.5 Å². The van der Waals surface area contributed by atoms with Crippen molar-refractivity contribution in [3.8, 4) is 0 Å². The molecule has 1 aromatic rings. The molecule has 2 N–H and O–H groups in total. The van der Waals surface area contributed by atoms with Crippen LogP contribution < -0.4 is 5.32 Å². The van der Waals surface area contributed by atoms with Crippen molar-refractivity contribution in [3.05, 3.63) is 23.7 Å². The summed E-state index contributed by atoms with van der Waals surface area (Å²) in [5.41, 5.74) is 0. The predicted octanol–water partition coefficient (Wildman–Crippen LogP) is 2.61. The van der Waals surface area contributed by atoms with Gasteiger partial charge in [-0.1, -0.05) is 6.92 Å². The Labute approximate surface area is 120 Å². The summed E-state index contributed by atoms with van der Waals surface area (Å²) in [4.78, 5) is 11.7. The van der Waals surface area contributed by atoms with Crippen LogP contribution in [-0.4, -0.2) is 23.7 Å². The number of hydrogen-bond donors (Lipinski definition) is 2. The van der Waals surface area contributed by atoms with E-state index < -0.39 is 0 Å². The quantitative estimate of drug-likeness (QED) is 0.719. The van der Waals surface area contributed by atoms with Gasteiger partial charge in [-0.2, -0.15) is 0 Å². The fourth-order valence-corrected chi connectivity index (χ4v) is 2.40. The number of carbonyl (C=O) groups is 1. The van der Waals surface area contributed by atoms with Crippen molar-refractivity contribution >= 4 is 5.91 Å². The van der Waals surface area contributed by atoms with Gasteiger partial charge in [0.25, 0.3) is 0 Å². The molecule has 0 aliphatic heterocycles. The van der Waals surface area contributed by atoms with E-state index in [1.165, 1.54) is 6.42 Å². The lowest BCUT2D eigenvalue weighted by molar-refractivity contribution is -0.121. The number of aliphatic hydroxyl groups is 1. The molecule has 4 heteroatoms. The van der Waals surface area contributed by atoms with Gasteiger partial charge in [0, 0.05) is 25.3 Å². The number of aryl methyl sites for hydroxylation is 1. The van der Waals surface area contributed by atoms with E-state index >= 15 is 0 Å². The van der Waals surface area contributed by atoms with Crippen LogP contribution in [0.2, 0.25) is 0 Å². The van der Waals surface area contributed by atoms with Crippen LogP contribution in [0.3, 0.4) is 0 Å². The minimum absolute atomic E-state index is 0.0494. The maximum absolute atomic E-state index is 11.7. The molecule has 20 heavy (non-hydrogen) atoms. The number of carbonyl (C=O) groups excluding carboxylic acids is 1. The second-order valence-corrected chi connectivity index (χ2v) is 5.96. The third kappa shape index (κ3) is 4.67. The van der Waals surface area contributed by atoms with E-state index in [0.29, 0.717) is 25.3 Å². The Balaban J connectivity index is 1.62. The van der Waals surface area contributed by atoms with Crippen LogP contribution in [0.1, 0.15) is 57.0 Å². The Morgan fingerprint density at radius 3 is 2.95 bits per heavy atom. The number of amides is 1. The Morgan fingerprint density at radius 1 is 1.55 bits per heavy atom. The Morgan fingerprint density at radius 2 is 2.30 bits per heavy atom. The Hall–Kier alpha value is -1.29. The third-order valence-electron chi connectivity index (χ3n) is 3.88. The molecule has 2 rings (SSSR count). The molecule has 1 aliphatic rings. The first-order valence-corrected chi connectivity index (χ1v) is 7.59. The molecule has 0 saturated heterocycles. The molecule has 0 spiro atoms. The van der Waals surface area contributed by atoms with Gasteiger partial charge in [0.05, 0.1) is 6.10 Å². The van der Waals surface area contributed by atoms with Crippen LogP contribution >= 0.6 is 0 Å². The minimum Gasteiger partial charge on any atom is -0.466 e. The number of hydrogen-bond acceptors (Lipinski definition) is 3. The smallest absolute Gasteiger partial charge is 0.220 e. The molecule has 112 valence electrons. The maximum atomic E-state index is 11.7. The molecule has 0 radical (unpaired) electrons. The van der Waals surface area contributed by atoms with Gasteiger partial charge in [0.2, 0.25) is 5.91 Å². The summed E-state index contributed by atoms with van der Waals surface area (Å²) in [7, 11) is 0. The predicted molar refractivity (Wildman–Crippen MR) is 77.5 cm³/mol. The molecular weight excluding hydrogens is 254 g/mol. The first kappa shape index (κ1) is 15.1. The van der Waals surface area contributed by atoms with Crippen LogP contribution in [0.25, 0.3) is 0 Å². The third-order valence-corrected chi connectivity index (χ3v) is 3.88. The molecular formula is C16H25NO3. The summed E-state index contributed by atoms with van der Waals surface area (Å²) in [6.07, 6.45) is 3.58. The van der Waals surface area contributed by atoms with E-state index in [9.17, 15) is 4.79 Å². The van der Waals surface area contributed by atoms with Gasteiger partial charge in [-0.3, -0.25) is 4.79 Å². The zero-order chi connectivity index (χ0) is 14.5. The molecule has 0 bridgehead atoms. The lowest BCUT2D eigenvalue weighted by Gasteiger charge is -2.06. The topological polar surface area (TPSA) is 62.5 Å². The zero-order valence-electron chi connectivity index (χ0n) is 12.4. The highest BCUT2D eigenvalue weighted by Gasteiger charge is 2.36. The molecule has 3 atom stereocenters. The van der Waals surface area contributed by atoms with Crippen molar-refractivity contribution in [2.75, 3.05) is 6.54 Å². The van der Waals surface area contributed by atoms with E-state index in [1.54, 1.807) is 6.92 Å². The monoisotopic (exact) mass is 279 g/mol. The second kappa shape index (κ2) is 6.93. The van der Waals surface area contributed by atoms with E-state index in [4.69, 9.17) is 9.52 Å². The molecule has 3 unspecified atom stereocenters. The lowest BCUT2D eigenvalue weighted by Crippen LogP contribution is -2.25. The van der Waals surface area contributed by atoms with E-state index in [0.717, 1.165) is 30.3 Å². The average molecular weight is 279 g/mol. The number of rotatable bonds is 8. The molecule has 4 nitrogen and oxygen atoms in total. The standard InChI is InChI=1S/C16H25NO3/c1-11-10-14(11)15-7-5-13(20-15)6-8-16(19)17-9-3-4-12(2)18/h5,7,11-12,14,18H,3-4,6,8-10H2,1-2H3,(H,17,19). The summed E-state index contributed by atoms with van der Waals surface area (Å²) in [6, 6.07) is 4.03. The van der Waals surface area contributed by atoms with Crippen molar-refractivity contribution in [1.29, 1.82) is 0 Å². The molecule has 1 aromatic heterocycles. The Kier molecular flexibility index (Phi) is 5.24. The summed E-state index contributed by atoms with van der Waals surface area (Å²) in [6.45, 7) is 4.62. The van der Waals surface area contributed by atoms with E-state index in [1.807, 2.05) is 12.1 Å². The lowest BCUT2D eigenvalue weighted by atomic mass is 10.2. The summed E-state index contributed by atoms with van der Waals surface area (Å²) >= 11 is 0. The summed E-state index contributed by atoms with van der Waals surface area (Å²) < 4.78 is 5.77. The van der Waals surface area contributed by atoms with Crippen LogP contribution in [0.5, 0.6) is 0 Å². The number of nitrogens with one attached hydrogen (secondary N) is 1. The van der Waals surface area contributed by atoms with Crippen LogP contribution in [-0.2, 0) is 11.2 Å². The minimum atomic E-state index is -0.293. The zero-order valence-corrected chi connectivity index (χ0v) is 12.4. The van der Waals surface area contributed by atoms with Crippen LogP contribution in [0, 0.1) is 5.92 Å². The number of aliphatic hydroxyl groups excluding tert-OH is 1.